The van der Waals surface area contributed by atoms with Crippen LogP contribution in [0.5, 0.6) is 0 Å². The van der Waals surface area contributed by atoms with Gasteiger partial charge in [-0.1, -0.05) is 18.2 Å². The van der Waals surface area contributed by atoms with E-state index in [1.54, 1.807) is 7.11 Å². The van der Waals surface area contributed by atoms with E-state index in [4.69, 9.17) is 14.1 Å². The molecule has 1 N–H and O–H groups in total. The van der Waals surface area contributed by atoms with Gasteiger partial charge in [0.05, 0.1) is 6.54 Å². The van der Waals surface area contributed by atoms with Crippen molar-refractivity contribution in [2.75, 3.05) is 27.3 Å². The molecule has 0 unspecified atom stereocenters. The Kier molecular flexibility index (Phi) is 6.65. The first-order valence-corrected chi connectivity index (χ1v) is 9.39. The highest BCUT2D eigenvalue weighted by Gasteiger charge is 2.12. The van der Waals surface area contributed by atoms with Crippen molar-refractivity contribution >= 4 is 16.9 Å². The molecule has 0 aliphatic carbocycles. The summed E-state index contributed by atoms with van der Waals surface area (Å²) in [6.45, 7) is 4.47. The molecule has 2 heterocycles. The Hall–Kier alpha value is -2.87. The number of aromatic nitrogens is 3. The van der Waals surface area contributed by atoms with E-state index in [9.17, 15) is 0 Å². The third-order valence-corrected chi connectivity index (χ3v) is 4.59. The molecule has 0 saturated carbocycles. The Balaban J connectivity index is 1.72. The number of benzene rings is 1. The normalized spacial score (nSPS) is 11.9. The first-order valence-electron chi connectivity index (χ1n) is 9.39. The summed E-state index contributed by atoms with van der Waals surface area (Å²) >= 11 is 0. The Labute approximate surface area is 165 Å². The van der Waals surface area contributed by atoms with Crippen LogP contribution in [0.2, 0.25) is 0 Å². The maximum absolute atomic E-state index is 5.95. The van der Waals surface area contributed by atoms with Gasteiger partial charge in [-0.25, -0.2) is 4.99 Å². The second kappa shape index (κ2) is 9.36. The van der Waals surface area contributed by atoms with Gasteiger partial charge in [-0.3, -0.25) is 0 Å². The molecule has 0 bridgehead atoms. The average Bonchev–Trinajstić information content (AvgIpc) is 3.24. The zero-order valence-corrected chi connectivity index (χ0v) is 17.0. The van der Waals surface area contributed by atoms with Gasteiger partial charge in [0.25, 0.3) is 0 Å². The molecule has 1 aromatic carbocycles. The van der Waals surface area contributed by atoms with Crippen molar-refractivity contribution in [2.45, 2.75) is 26.4 Å². The number of guanidine groups is 1. The fourth-order valence-electron chi connectivity index (χ4n) is 2.89. The lowest BCUT2D eigenvalue weighted by Gasteiger charge is -2.21. The Morgan fingerprint density at radius 2 is 2.14 bits per heavy atom. The fraction of sp³-hybridized carbons (Fsp3) is 0.450. The van der Waals surface area contributed by atoms with Crippen LogP contribution in [0.25, 0.3) is 11.0 Å². The van der Waals surface area contributed by atoms with Crippen molar-refractivity contribution in [3.63, 3.8) is 0 Å². The molecule has 3 rings (SSSR count). The van der Waals surface area contributed by atoms with Gasteiger partial charge >= 0.3 is 0 Å². The molecule has 0 aliphatic heterocycles. The maximum Gasteiger partial charge on any atom is 0.194 e. The van der Waals surface area contributed by atoms with E-state index < -0.39 is 0 Å². The quantitative estimate of drug-likeness (QED) is 0.365. The predicted octanol–water partition coefficient (Wildman–Crippen LogP) is 2.48. The highest BCUT2D eigenvalue weighted by atomic mass is 16.5. The zero-order chi connectivity index (χ0) is 19.9. The van der Waals surface area contributed by atoms with E-state index in [1.807, 2.05) is 48.7 Å². The molecule has 0 radical (unpaired) electrons. The minimum absolute atomic E-state index is 0.453. The van der Waals surface area contributed by atoms with Crippen LogP contribution in [0.15, 0.2) is 39.7 Å². The van der Waals surface area contributed by atoms with Crippen LogP contribution in [0.3, 0.4) is 0 Å². The fourth-order valence-corrected chi connectivity index (χ4v) is 2.89. The van der Waals surface area contributed by atoms with Crippen LogP contribution in [0, 0.1) is 6.92 Å². The lowest BCUT2D eigenvalue weighted by atomic mass is 10.2. The minimum Gasteiger partial charge on any atom is -0.459 e. The first kappa shape index (κ1) is 19.9. The summed E-state index contributed by atoms with van der Waals surface area (Å²) in [6.07, 6.45) is 0.900. The predicted molar refractivity (Wildman–Crippen MR) is 109 cm³/mol. The van der Waals surface area contributed by atoms with Crippen molar-refractivity contribution in [3.8, 4) is 0 Å². The number of aryl methyl sites for hydroxylation is 1. The lowest BCUT2D eigenvalue weighted by Crippen LogP contribution is -2.39. The Morgan fingerprint density at radius 3 is 2.86 bits per heavy atom. The van der Waals surface area contributed by atoms with Gasteiger partial charge in [0, 0.05) is 39.7 Å². The summed E-state index contributed by atoms with van der Waals surface area (Å²) < 4.78 is 13.0. The molecular formula is C20H28N6O2. The molecule has 0 aliphatic rings. The summed E-state index contributed by atoms with van der Waals surface area (Å²) in [4.78, 5) is 6.79. The topological polar surface area (TPSA) is 80.7 Å². The molecule has 0 spiro atoms. The largest absolute Gasteiger partial charge is 0.459 e. The number of nitrogens with one attached hydrogen (secondary N) is 1. The van der Waals surface area contributed by atoms with Crippen molar-refractivity contribution < 1.29 is 9.15 Å². The van der Waals surface area contributed by atoms with Gasteiger partial charge in [-0.15, -0.1) is 10.2 Å². The third kappa shape index (κ3) is 4.89. The molecule has 0 saturated heterocycles. The summed E-state index contributed by atoms with van der Waals surface area (Å²) in [5, 5.41) is 12.8. The van der Waals surface area contributed by atoms with Crippen LogP contribution >= 0.6 is 0 Å². The molecular weight excluding hydrogens is 356 g/mol. The molecule has 0 fully saturated rings. The van der Waals surface area contributed by atoms with E-state index in [-0.39, 0.29) is 0 Å². The first-order chi connectivity index (χ1) is 13.6. The number of ether oxygens (including phenoxy) is 1. The summed E-state index contributed by atoms with van der Waals surface area (Å²) in [5.74, 6) is 3.38. The standard InChI is InChI=1S/C20H28N6O2/c1-15-23-24-19(26(15)3)13-22-20(21-10-7-11-27-4)25(2)14-17-12-16-8-5-6-9-18(16)28-17/h5-6,8-9,12H,7,10-11,13-14H2,1-4H3,(H,21,22). The number of para-hydroxylation sites is 1. The minimum atomic E-state index is 0.453. The van der Waals surface area contributed by atoms with E-state index in [2.05, 4.69) is 27.6 Å². The van der Waals surface area contributed by atoms with Crippen molar-refractivity contribution in [1.82, 2.24) is 25.0 Å². The number of nitrogens with zero attached hydrogens (tertiary/aromatic N) is 5. The molecule has 0 amide bonds. The number of furan rings is 1. The lowest BCUT2D eigenvalue weighted by molar-refractivity contribution is 0.195. The molecule has 150 valence electrons. The van der Waals surface area contributed by atoms with Gasteiger partial charge in [-0.2, -0.15) is 0 Å². The van der Waals surface area contributed by atoms with Gasteiger partial charge in [0.1, 0.15) is 23.7 Å². The van der Waals surface area contributed by atoms with Gasteiger partial charge in [-0.05, 0) is 25.5 Å². The SMILES string of the molecule is COCCCNC(=NCc1nnc(C)n1C)N(C)Cc1cc2ccccc2o1. The molecule has 0 atom stereocenters. The van der Waals surface area contributed by atoms with Crippen LogP contribution < -0.4 is 5.32 Å². The van der Waals surface area contributed by atoms with Gasteiger partial charge < -0.3 is 23.9 Å². The van der Waals surface area contributed by atoms with Crippen LogP contribution in [0.1, 0.15) is 23.8 Å². The Bertz CT molecular complexity index is 897. The number of rotatable bonds is 8. The van der Waals surface area contributed by atoms with E-state index in [1.165, 1.54) is 0 Å². The average molecular weight is 384 g/mol. The summed E-state index contributed by atoms with van der Waals surface area (Å²) in [5.41, 5.74) is 0.895. The summed E-state index contributed by atoms with van der Waals surface area (Å²) in [6, 6.07) is 10.1. The number of fused-ring (bicyclic) bond motifs is 1. The highest BCUT2D eigenvalue weighted by Crippen LogP contribution is 2.19. The molecule has 8 nitrogen and oxygen atoms in total. The molecule has 2 aromatic heterocycles. The molecule has 8 heteroatoms. The maximum atomic E-state index is 5.95. The summed E-state index contributed by atoms with van der Waals surface area (Å²) in [7, 11) is 5.65. The smallest absolute Gasteiger partial charge is 0.194 e. The van der Waals surface area contributed by atoms with E-state index in [0.717, 1.165) is 47.3 Å². The van der Waals surface area contributed by atoms with Crippen molar-refractivity contribution in [3.05, 3.63) is 47.7 Å². The monoisotopic (exact) mass is 384 g/mol. The highest BCUT2D eigenvalue weighted by molar-refractivity contribution is 5.80. The zero-order valence-electron chi connectivity index (χ0n) is 17.0. The Morgan fingerprint density at radius 1 is 1.32 bits per heavy atom. The number of aliphatic imine (C=N–C) groups is 1. The van der Waals surface area contributed by atoms with E-state index >= 15 is 0 Å². The van der Waals surface area contributed by atoms with Crippen molar-refractivity contribution in [1.29, 1.82) is 0 Å². The van der Waals surface area contributed by atoms with E-state index in [0.29, 0.717) is 19.7 Å². The second-order valence-electron chi connectivity index (χ2n) is 6.74. The number of hydrogen-bond donors (Lipinski definition) is 1. The van der Waals surface area contributed by atoms with Crippen molar-refractivity contribution in [2.24, 2.45) is 12.0 Å². The van der Waals surface area contributed by atoms with Crippen LogP contribution in [0.4, 0.5) is 0 Å². The van der Waals surface area contributed by atoms with Gasteiger partial charge in [0.15, 0.2) is 11.8 Å². The number of methoxy groups -OCH3 is 1. The van der Waals surface area contributed by atoms with Gasteiger partial charge in [0.2, 0.25) is 0 Å². The van der Waals surface area contributed by atoms with Crippen LogP contribution in [-0.2, 0) is 24.9 Å². The molecule has 28 heavy (non-hydrogen) atoms. The number of hydrogen-bond acceptors (Lipinski definition) is 5. The molecule has 3 aromatic rings. The third-order valence-electron chi connectivity index (χ3n) is 4.59. The van der Waals surface area contributed by atoms with Crippen LogP contribution in [-0.4, -0.2) is 52.9 Å². The second-order valence-corrected chi connectivity index (χ2v) is 6.74.